The van der Waals surface area contributed by atoms with Crippen LogP contribution in [0, 0.1) is 13.8 Å². The van der Waals surface area contributed by atoms with Crippen molar-refractivity contribution in [1.82, 2.24) is 9.88 Å². The Balaban J connectivity index is 1.95. The van der Waals surface area contributed by atoms with Gasteiger partial charge in [-0.1, -0.05) is 12.5 Å². The third-order valence-corrected chi connectivity index (χ3v) is 5.10. The molecule has 2 aliphatic rings. The van der Waals surface area contributed by atoms with E-state index in [1.54, 1.807) is 0 Å². The van der Waals surface area contributed by atoms with Crippen LogP contribution in [0.15, 0.2) is 12.1 Å². The highest BCUT2D eigenvalue weighted by molar-refractivity contribution is 5.29. The van der Waals surface area contributed by atoms with E-state index in [1.165, 1.54) is 19.3 Å². The van der Waals surface area contributed by atoms with Gasteiger partial charge in [-0.15, -0.1) is 0 Å². The normalized spacial score (nSPS) is 35.4. The topological polar surface area (TPSA) is 36.4 Å². The van der Waals surface area contributed by atoms with Gasteiger partial charge in [0.2, 0.25) is 0 Å². The molecule has 2 fully saturated rings. The van der Waals surface area contributed by atoms with Gasteiger partial charge < -0.3 is 10.0 Å². The summed E-state index contributed by atoms with van der Waals surface area (Å²) in [6.07, 6.45) is 5.44. The van der Waals surface area contributed by atoms with E-state index in [9.17, 15) is 5.11 Å². The van der Waals surface area contributed by atoms with E-state index >= 15 is 0 Å². The SMILES string of the molecule is Cc1ccc(C2(O)CC3CCCC(C2)N3C)c(C)n1. The van der Waals surface area contributed by atoms with Gasteiger partial charge in [0.05, 0.1) is 5.60 Å². The summed E-state index contributed by atoms with van der Waals surface area (Å²) >= 11 is 0. The molecule has 0 saturated carbocycles. The first kappa shape index (κ1) is 13.1. The van der Waals surface area contributed by atoms with Crippen LogP contribution in [-0.2, 0) is 5.60 Å². The third-order valence-electron chi connectivity index (χ3n) is 5.10. The fourth-order valence-electron chi connectivity index (χ4n) is 4.05. The van der Waals surface area contributed by atoms with Crippen molar-refractivity contribution < 1.29 is 5.11 Å². The summed E-state index contributed by atoms with van der Waals surface area (Å²) in [5, 5.41) is 11.2. The molecular weight excluding hydrogens is 236 g/mol. The number of aryl methyl sites for hydroxylation is 2. The maximum atomic E-state index is 11.2. The van der Waals surface area contributed by atoms with E-state index < -0.39 is 5.60 Å². The monoisotopic (exact) mass is 260 g/mol. The highest BCUT2D eigenvalue weighted by Gasteiger charge is 2.45. The number of fused-ring (bicyclic) bond motifs is 2. The summed E-state index contributed by atoms with van der Waals surface area (Å²) in [6.45, 7) is 4.03. The maximum absolute atomic E-state index is 11.2. The van der Waals surface area contributed by atoms with Crippen LogP contribution < -0.4 is 0 Å². The molecule has 0 amide bonds. The largest absolute Gasteiger partial charge is 0.385 e. The van der Waals surface area contributed by atoms with E-state index in [2.05, 4.69) is 23.0 Å². The van der Waals surface area contributed by atoms with Crippen LogP contribution in [-0.4, -0.2) is 34.1 Å². The average Bonchev–Trinajstić information content (AvgIpc) is 2.31. The minimum atomic E-state index is -0.674. The molecule has 0 aliphatic carbocycles. The van der Waals surface area contributed by atoms with Crippen molar-refractivity contribution in [2.75, 3.05) is 7.05 Å². The molecule has 1 N–H and O–H groups in total. The summed E-state index contributed by atoms with van der Waals surface area (Å²) in [5.41, 5.74) is 2.39. The van der Waals surface area contributed by atoms with Gasteiger partial charge in [0.15, 0.2) is 0 Å². The van der Waals surface area contributed by atoms with Crippen LogP contribution in [0.2, 0.25) is 0 Å². The first-order valence-electron chi connectivity index (χ1n) is 7.39. The van der Waals surface area contributed by atoms with Crippen LogP contribution in [0.3, 0.4) is 0 Å². The predicted molar refractivity (Wildman–Crippen MR) is 76.0 cm³/mol. The zero-order valence-corrected chi connectivity index (χ0v) is 12.2. The lowest BCUT2D eigenvalue weighted by Gasteiger charge is -2.51. The third kappa shape index (κ3) is 2.19. The molecule has 1 aromatic heterocycles. The lowest BCUT2D eigenvalue weighted by Crippen LogP contribution is -2.55. The average molecular weight is 260 g/mol. The lowest BCUT2D eigenvalue weighted by molar-refractivity contribution is -0.0879. The molecule has 0 aromatic carbocycles. The zero-order valence-electron chi connectivity index (χ0n) is 12.2. The number of rotatable bonds is 1. The van der Waals surface area contributed by atoms with Gasteiger partial charge in [0.25, 0.3) is 0 Å². The van der Waals surface area contributed by atoms with Gasteiger partial charge in [-0.2, -0.15) is 0 Å². The number of pyridine rings is 1. The van der Waals surface area contributed by atoms with E-state index in [4.69, 9.17) is 0 Å². The van der Waals surface area contributed by atoms with Gasteiger partial charge in [-0.25, -0.2) is 0 Å². The Bertz CT molecular complexity index is 472. The lowest BCUT2D eigenvalue weighted by atomic mass is 9.72. The van der Waals surface area contributed by atoms with E-state index in [-0.39, 0.29) is 0 Å². The van der Waals surface area contributed by atoms with E-state index in [0.717, 1.165) is 29.8 Å². The molecule has 2 saturated heterocycles. The Kier molecular flexibility index (Phi) is 3.14. The zero-order chi connectivity index (χ0) is 13.6. The molecule has 19 heavy (non-hydrogen) atoms. The molecule has 3 rings (SSSR count). The molecule has 2 aliphatic heterocycles. The highest BCUT2D eigenvalue weighted by atomic mass is 16.3. The molecule has 3 nitrogen and oxygen atoms in total. The second kappa shape index (κ2) is 4.57. The van der Waals surface area contributed by atoms with Crippen LogP contribution in [0.4, 0.5) is 0 Å². The van der Waals surface area contributed by atoms with Gasteiger partial charge in [-0.3, -0.25) is 4.98 Å². The van der Waals surface area contributed by atoms with Crippen molar-refractivity contribution in [3.63, 3.8) is 0 Å². The van der Waals surface area contributed by atoms with Crippen molar-refractivity contribution in [1.29, 1.82) is 0 Å². The summed E-state index contributed by atoms with van der Waals surface area (Å²) in [5.74, 6) is 0. The smallest absolute Gasteiger partial charge is 0.0943 e. The van der Waals surface area contributed by atoms with Crippen LogP contribution in [0.25, 0.3) is 0 Å². The molecule has 3 heteroatoms. The Morgan fingerprint density at radius 3 is 2.42 bits per heavy atom. The molecule has 1 aromatic rings. The Labute approximate surface area is 115 Å². The number of hydrogen-bond acceptors (Lipinski definition) is 3. The molecule has 2 bridgehead atoms. The van der Waals surface area contributed by atoms with Crippen molar-refractivity contribution >= 4 is 0 Å². The number of aliphatic hydroxyl groups is 1. The number of hydrogen-bond donors (Lipinski definition) is 1. The Hall–Kier alpha value is -0.930. The van der Waals surface area contributed by atoms with Crippen LogP contribution in [0.5, 0.6) is 0 Å². The summed E-state index contributed by atoms with van der Waals surface area (Å²) in [6, 6.07) is 5.16. The van der Waals surface area contributed by atoms with Gasteiger partial charge >= 0.3 is 0 Å². The second-order valence-electron chi connectivity index (χ2n) is 6.43. The number of aromatic nitrogens is 1. The second-order valence-corrected chi connectivity index (χ2v) is 6.43. The van der Waals surface area contributed by atoms with Crippen molar-refractivity contribution in [2.24, 2.45) is 0 Å². The quantitative estimate of drug-likeness (QED) is 0.843. The minimum Gasteiger partial charge on any atom is -0.385 e. The van der Waals surface area contributed by atoms with Crippen molar-refractivity contribution in [3.8, 4) is 0 Å². The van der Waals surface area contributed by atoms with E-state index in [0.29, 0.717) is 12.1 Å². The van der Waals surface area contributed by atoms with Gasteiger partial charge in [-0.05, 0) is 52.6 Å². The molecule has 0 spiro atoms. The first-order chi connectivity index (χ1) is 8.99. The fraction of sp³-hybridized carbons (Fsp3) is 0.688. The minimum absolute atomic E-state index is 0.526. The predicted octanol–water partition coefficient (Wildman–Crippen LogP) is 2.53. The first-order valence-corrected chi connectivity index (χ1v) is 7.39. The van der Waals surface area contributed by atoms with E-state index in [1.807, 2.05) is 19.9 Å². The maximum Gasteiger partial charge on any atom is 0.0943 e. The number of nitrogens with zero attached hydrogens (tertiary/aromatic N) is 2. The molecule has 2 unspecified atom stereocenters. The van der Waals surface area contributed by atoms with Gasteiger partial charge in [0.1, 0.15) is 0 Å². The molecule has 3 heterocycles. The van der Waals surface area contributed by atoms with Crippen molar-refractivity contribution in [3.05, 3.63) is 29.1 Å². The fourth-order valence-corrected chi connectivity index (χ4v) is 4.05. The molecule has 104 valence electrons. The molecular formula is C16H24N2O. The van der Waals surface area contributed by atoms with Gasteiger partial charge in [0, 0.05) is 29.0 Å². The summed E-state index contributed by atoms with van der Waals surface area (Å²) < 4.78 is 0. The molecule has 0 radical (unpaired) electrons. The Morgan fingerprint density at radius 1 is 1.21 bits per heavy atom. The van der Waals surface area contributed by atoms with Crippen molar-refractivity contribution in [2.45, 2.75) is 63.6 Å². The van der Waals surface area contributed by atoms with Crippen LogP contribution in [0.1, 0.15) is 49.1 Å². The molecule has 2 atom stereocenters. The summed E-state index contributed by atoms with van der Waals surface area (Å²) in [7, 11) is 2.22. The standard InChI is InChI=1S/C16H24N2O/c1-11-7-8-15(12(2)17-11)16(19)9-13-5-4-6-14(10-16)18(13)3/h7-8,13-14,19H,4-6,9-10H2,1-3H3. The highest BCUT2D eigenvalue weighted by Crippen LogP contribution is 2.44. The van der Waals surface area contributed by atoms with Crippen LogP contribution >= 0.6 is 0 Å². The number of piperidine rings is 2. The summed E-state index contributed by atoms with van der Waals surface area (Å²) in [4.78, 5) is 7.01. The Morgan fingerprint density at radius 2 is 1.84 bits per heavy atom.